The van der Waals surface area contributed by atoms with Crippen LogP contribution >= 0.6 is 0 Å². The first-order valence-electron chi connectivity index (χ1n) is 10.6. The molecule has 1 saturated heterocycles. The summed E-state index contributed by atoms with van der Waals surface area (Å²) in [5.74, 6) is 0.153. The third-order valence-electron chi connectivity index (χ3n) is 5.15. The average Bonchev–Trinajstić information content (AvgIpc) is 2.83. The maximum absolute atomic E-state index is 13.0. The lowest BCUT2D eigenvalue weighted by atomic mass is 10.1. The Morgan fingerprint density at radius 1 is 1.06 bits per heavy atom. The molecule has 1 fully saturated rings. The number of nitrogens with zero attached hydrogens (tertiary/aromatic N) is 1. The smallest absolute Gasteiger partial charge is 0.344 e. The molecule has 2 heterocycles. The molecule has 0 saturated carbocycles. The topological polar surface area (TPSA) is 115 Å². The Kier molecular flexibility index (Phi) is 6.77. The molecule has 1 aliphatic rings. The van der Waals surface area contributed by atoms with Gasteiger partial charge in [-0.15, -0.1) is 0 Å². The highest BCUT2D eigenvalue weighted by Gasteiger charge is 2.27. The Balaban J connectivity index is 1.65. The summed E-state index contributed by atoms with van der Waals surface area (Å²) >= 11 is 0. The highest BCUT2D eigenvalue weighted by atomic mass is 32.2. The van der Waals surface area contributed by atoms with Gasteiger partial charge in [-0.1, -0.05) is 6.92 Å². The molecule has 2 aromatic carbocycles. The molecule has 1 N–H and O–H groups in total. The summed E-state index contributed by atoms with van der Waals surface area (Å²) in [5.41, 5.74) is -0.195. The fourth-order valence-electron chi connectivity index (χ4n) is 3.48. The Hall–Kier alpha value is -3.21. The van der Waals surface area contributed by atoms with Crippen LogP contribution in [-0.4, -0.2) is 56.6 Å². The van der Waals surface area contributed by atoms with Crippen LogP contribution in [0, 0.1) is 0 Å². The normalized spacial score (nSPS) is 14.8. The van der Waals surface area contributed by atoms with Crippen LogP contribution in [0.1, 0.15) is 23.7 Å². The number of hydrogen-bond acceptors (Lipinski definition) is 7. The van der Waals surface area contributed by atoms with Crippen LogP contribution in [0.3, 0.4) is 0 Å². The van der Waals surface area contributed by atoms with E-state index in [9.17, 15) is 18.0 Å². The van der Waals surface area contributed by atoms with Crippen LogP contribution in [0.2, 0.25) is 0 Å². The Morgan fingerprint density at radius 2 is 1.76 bits per heavy atom. The molecule has 0 aliphatic carbocycles. The number of esters is 1. The number of H-pyrrole nitrogens is 1. The Labute approximate surface area is 190 Å². The molecule has 10 heteroatoms. The minimum atomic E-state index is -3.78. The fraction of sp³-hybridized carbons (Fsp3) is 0.304. The molecule has 0 radical (unpaired) electrons. The first-order valence-corrected chi connectivity index (χ1v) is 12.0. The third kappa shape index (κ3) is 5.08. The maximum atomic E-state index is 13.0. The summed E-state index contributed by atoms with van der Waals surface area (Å²) in [6, 6.07) is 11.9. The number of hydrogen-bond donors (Lipinski definition) is 1. The van der Waals surface area contributed by atoms with Crippen molar-refractivity contribution in [2.24, 2.45) is 0 Å². The van der Waals surface area contributed by atoms with Gasteiger partial charge in [0.1, 0.15) is 11.5 Å². The first-order chi connectivity index (χ1) is 15.9. The van der Waals surface area contributed by atoms with Gasteiger partial charge >= 0.3 is 5.97 Å². The van der Waals surface area contributed by atoms with Gasteiger partial charge < -0.3 is 19.2 Å². The summed E-state index contributed by atoms with van der Waals surface area (Å²) in [6.07, 6.45) is 0.871. The van der Waals surface area contributed by atoms with Gasteiger partial charge in [-0.3, -0.25) is 4.79 Å². The molecule has 0 unspecified atom stereocenters. The van der Waals surface area contributed by atoms with Gasteiger partial charge in [0, 0.05) is 30.1 Å². The second-order valence-corrected chi connectivity index (χ2v) is 9.42. The molecular formula is C23H24N2O7S. The van der Waals surface area contributed by atoms with Crippen molar-refractivity contribution < 1.29 is 27.4 Å². The van der Waals surface area contributed by atoms with E-state index in [0.29, 0.717) is 31.1 Å². The summed E-state index contributed by atoms with van der Waals surface area (Å²) < 4.78 is 43.6. The number of aromatic amines is 1. The second kappa shape index (κ2) is 9.74. The van der Waals surface area contributed by atoms with Gasteiger partial charge in [0.2, 0.25) is 15.6 Å². The molecule has 174 valence electrons. The second-order valence-electron chi connectivity index (χ2n) is 7.48. The van der Waals surface area contributed by atoms with Crippen LogP contribution in [0.5, 0.6) is 11.5 Å². The summed E-state index contributed by atoms with van der Waals surface area (Å²) in [6.45, 7) is 3.71. The van der Waals surface area contributed by atoms with Crippen molar-refractivity contribution in [1.29, 1.82) is 0 Å². The number of rotatable bonds is 7. The molecule has 3 aromatic rings. The predicted molar refractivity (Wildman–Crippen MR) is 121 cm³/mol. The Bertz CT molecular complexity index is 1310. The van der Waals surface area contributed by atoms with E-state index in [1.165, 1.54) is 22.5 Å². The van der Waals surface area contributed by atoms with E-state index in [4.69, 9.17) is 14.2 Å². The van der Waals surface area contributed by atoms with E-state index in [1.807, 2.05) is 6.92 Å². The molecule has 33 heavy (non-hydrogen) atoms. The highest BCUT2D eigenvalue weighted by Crippen LogP contribution is 2.25. The number of morpholine rings is 1. The minimum absolute atomic E-state index is 0.0235. The predicted octanol–water partition coefficient (Wildman–Crippen LogP) is 2.56. The summed E-state index contributed by atoms with van der Waals surface area (Å²) in [7, 11) is -3.78. The van der Waals surface area contributed by atoms with Crippen molar-refractivity contribution in [2.75, 3.05) is 32.9 Å². The number of aromatic nitrogens is 1. The lowest BCUT2D eigenvalue weighted by Gasteiger charge is -2.26. The van der Waals surface area contributed by atoms with E-state index in [-0.39, 0.29) is 34.7 Å². The first kappa shape index (κ1) is 23.0. The van der Waals surface area contributed by atoms with E-state index >= 15 is 0 Å². The zero-order chi connectivity index (χ0) is 23.4. The quantitative estimate of drug-likeness (QED) is 0.415. The van der Waals surface area contributed by atoms with Gasteiger partial charge in [-0.2, -0.15) is 4.31 Å². The third-order valence-corrected chi connectivity index (χ3v) is 7.04. The Morgan fingerprint density at radius 3 is 2.45 bits per heavy atom. The standard InChI is InChI=1S/C23H24N2O7S/c1-2-11-31-16-3-5-17(6-4-16)32-23(27)20-15-22(26)24-21-8-7-18(14-19(20)21)33(28,29)25-9-12-30-13-10-25/h3-8,14-15H,2,9-13H2,1H3,(H,24,26). The van der Waals surface area contributed by atoms with Crippen LogP contribution < -0.4 is 15.0 Å². The number of fused-ring (bicyclic) bond motifs is 1. The average molecular weight is 473 g/mol. The zero-order valence-corrected chi connectivity index (χ0v) is 18.9. The summed E-state index contributed by atoms with van der Waals surface area (Å²) in [4.78, 5) is 27.7. The summed E-state index contributed by atoms with van der Waals surface area (Å²) in [5, 5.41) is 0.275. The lowest BCUT2D eigenvalue weighted by molar-refractivity contribution is 0.0730. The van der Waals surface area contributed by atoms with Gasteiger partial charge in [0.15, 0.2) is 0 Å². The molecule has 4 rings (SSSR count). The molecule has 0 spiro atoms. The maximum Gasteiger partial charge on any atom is 0.344 e. The molecule has 0 atom stereocenters. The van der Waals surface area contributed by atoms with Gasteiger partial charge in [0.25, 0.3) is 0 Å². The fourth-order valence-corrected chi connectivity index (χ4v) is 4.92. The monoisotopic (exact) mass is 472 g/mol. The van der Waals surface area contributed by atoms with Crippen LogP contribution in [-0.2, 0) is 14.8 Å². The van der Waals surface area contributed by atoms with E-state index < -0.39 is 21.6 Å². The van der Waals surface area contributed by atoms with Gasteiger partial charge in [-0.25, -0.2) is 13.2 Å². The number of sulfonamides is 1. The van der Waals surface area contributed by atoms with Crippen molar-refractivity contribution in [3.05, 3.63) is 64.4 Å². The largest absolute Gasteiger partial charge is 0.494 e. The van der Waals surface area contributed by atoms with Crippen molar-refractivity contribution >= 4 is 26.9 Å². The van der Waals surface area contributed by atoms with Gasteiger partial charge in [-0.05, 0) is 48.9 Å². The van der Waals surface area contributed by atoms with Crippen molar-refractivity contribution in [2.45, 2.75) is 18.2 Å². The highest BCUT2D eigenvalue weighted by molar-refractivity contribution is 7.89. The molecule has 9 nitrogen and oxygen atoms in total. The van der Waals surface area contributed by atoms with E-state index in [1.54, 1.807) is 24.3 Å². The van der Waals surface area contributed by atoms with E-state index in [0.717, 1.165) is 12.5 Å². The van der Waals surface area contributed by atoms with Crippen molar-refractivity contribution in [3.63, 3.8) is 0 Å². The molecule has 1 aliphatic heterocycles. The van der Waals surface area contributed by atoms with Crippen LogP contribution in [0.15, 0.2) is 58.2 Å². The SMILES string of the molecule is CCCOc1ccc(OC(=O)c2cc(=O)[nH]c3ccc(S(=O)(=O)N4CCOCC4)cc23)cc1. The minimum Gasteiger partial charge on any atom is -0.494 e. The zero-order valence-electron chi connectivity index (χ0n) is 18.1. The number of carbonyl (C=O) groups is 1. The number of carbonyl (C=O) groups excluding carboxylic acids is 1. The van der Waals surface area contributed by atoms with Crippen LogP contribution in [0.25, 0.3) is 10.9 Å². The lowest BCUT2D eigenvalue weighted by Crippen LogP contribution is -2.40. The van der Waals surface area contributed by atoms with Crippen LogP contribution in [0.4, 0.5) is 0 Å². The number of pyridine rings is 1. The molecule has 0 amide bonds. The number of nitrogens with one attached hydrogen (secondary N) is 1. The van der Waals surface area contributed by atoms with Gasteiger partial charge in [0.05, 0.1) is 30.3 Å². The number of ether oxygens (including phenoxy) is 3. The molecule has 1 aromatic heterocycles. The molecule has 0 bridgehead atoms. The molecular weight excluding hydrogens is 448 g/mol. The van der Waals surface area contributed by atoms with E-state index in [2.05, 4.69) is 4.98 Å². The number of benzene rings is 2. The van der Waals surface area contributed by atoms with Crippen molar-refractivity contribution in [3.8, 4) is 11.5 Å². The van der Waals surface area contributed by atoms with Crippen molar-refractivity contribution in [1.82, 2.24) is 9.29 Å².